The zero-order chi connectivity index (χ0) is 39.8. The van der Waals surface area contributed by atoms with Crippen LogP contribution in [0.15, 0.2) is 241 Å². The maximum atomic E-state index is 6.75. The minimum Gasteiger partial charge on any atom is -0.455 e. The minimum absolute atomic E-state index is 0.885. The monoisotopic (exact) mass is 765 g/mol. The van der Waals surface area contributed by atoms with Crippen LogP contribution in [-0.2, 0) is 0 Å². The molecule has 11 rings (SSSR count). The summed E-state index contributed by atoms with van der Waals surface area (Å²) in [5.74, 6) is 0. The van der Waals surface area contributed by atoms with E-state index in [2.05, 4.69) is 241 Å². The fourth-order valence-corrected chi connectivity index (χ4v) is 8.78. The molecule has 0 saturated heterocycles. The second-order valence-corrected chi connectivity index (χ2v) is 15.2. The van der Waals surface area contributed by atoms with E-state index in [-0.39, 0.29) is 0 Å². The normalized spacial score (nSPS) is 11.3. The highest BCUT2D eigenvalue weighted by atomic mass is 16.3. The van der Waals surface area contributed by atoms with Crippen LogP contribution in [0.25, 0.3) is 88.3 Å². The van der Waals surface area contributed by atoms with Crippen molar-refractivity contribution in [2.75, 3.05) is 4.90 Å². The van der Waals surface area contributed by atoms with Gasteiger partial charge in [-0.05, 0) is 97.9 Å². The van der Waals surface area contributed by atoms with Gasteiger partial charge in [0.2, 0.25) is 0 Å². The van der Waals surface area contributed by atoms with Crippen molar-refractivity contribution in [2.24, 2.45) is 0 Å². The molecule has 0 fully saturated rings. The van der Waals surface area contributed by atoms with Crippen LogP contribution < -0.4 is 4.90 Å². The quantitative estimate of drug-likeness (QED) is 0.153. The average molecular weight is 766 g/mol. The lowest BCUT2D eigenvalue weighted by molar-refractivity contribution is 0.673. The first kappa shape index (κ1) is 35.2. The van der Waals surface area contributed by atoms with Crippen molar-refractivity contribution in [3.05, 3.63) is 237 Å². The molecule has 0 radical (unpaired) electrons. The second kappa shape index (κ2) is 15.1. The summed E-state index contributed by atoms with van der Waals surface area (Å²) in [6, 6.07) is 84.7. The van der Waals surface area contributed by atoms with Gasteiger partial charge in [-0.25, -0.2) is 0 Å². The molecule has 0 N–H and O–H groups in total. The summed E-state index contributed by atoms with van der Waals surface area (Å²) in [4.78, 5) is 2.35. The number of nitrogens with zero attached hydrogens (tertiary/aromatic N) is 1. The Morgan fingerprint density at radius 1 is 0.250 bits per heavy atom. The Bertz CT molecular complexity index is 3160. The predicted molar refractivity (Wildman–Crippen MR) is 253 cm³/mol. The maximum Gasteiger partial charge on any atom is 0.143 e. The molecule has 0 saturated carbocycles. The zero-order valence-electron chi connectivity index (χ0n) is 32.9. The van der Waals surface area contributed by atoms with Gasteiger partial charge in [-0.15, -0.1) is 0 Å². The van der Waals surface area contributed by atoms with Crippen LogP contribution in [0.5, 0.6) is 0 Å². The third kappa shape index (κ3) is 6.32. The van der Waals surface area contributed by atoms with E-state index in [1.54, 1.807) is 0 Å². The first-order chi connectivity index (χ1) is 29.8. The molecule has 2 heteroatoms. The van der Waals surface area contributed by atoms with Gasteiger partial charge >= 0.3 is 0 Å². The predicted octanol–water partition coefficient (Wildman–Crippen LogP) is 16.5. The van der Waals surface area contributed by atoms with Crippen molar-refractivity contribution >= 4 is 49.8 Å². The molecular formula is C58H39NO. The number of para-hydroxylation sites is 1. The molecule has 0 aliphatic rings. The molecule has 2 nitrogen and oxygen atoms in total. The molecule has 10 aromatic carbocycles. The first-order valence-corrected chi connectivity index (χ1v) is 20.5. The van der Waals surface area contributed by atoms with Gasteiger partial charge in [0.25, 0.3) is 0 Å². The van der Waals surface area contributed by atoms with E-state index in [1.807, 2.05) is 0 Å². The highest BCUT2D eigenvalue weighted by Crippen LogP contribution is 2.49. The molecule has 0 spiro atoms. The standard InChI is InChI=1S/C58H39NO/c1-4-14-40(15-5-1)43-24-26-46(27-25-43)55-51-20-10-11-21-52(51)58-57(53-22-12-13-23-54(53)60-58)56(55)47-32-38-50(39-33-47)59(48-34-28-44(29-35-48)41-16-6-2-7-17-41)49-36-30-45(31-37-49)42-18-8-3-9-19-42/h1-39H. The lowest BCUT2D eigenvalue weighted by Crippen LogP contribution is -2.09. The van der Waals surface area contributed by atoms with E-state index in [9.17, 15) is 0 Å². The number of hydrogen-bond donors (Lipinski definition) is 0. The molecule has 0 aliphatic carbocycles. The van der Waals surface area contributed by atoms with Gasteiger partial charge < -0.3 is 9.32 Å². The molecule has 282 valence electrons. The topological polar surface area (TPSA) is 16.4 Å². The highest BCUT2D eigenvalue weighted by molar-refractivity contribution is 6.26. The van der Waals surface area contributed by atoms with E-state index >= 15 is 0 Å². The molecule has 60 heavy (non-hydrogen) atoms. The fourth-order valence-electron chi connectivity index (χ4n) is 8.78. The van der Waals surface area contributed by atoms with Crippen molar-refractivity contribution in [3.63, 3.8) is 0 Å². The number of furan rings is 1. The van der Waals surface area contributed by atoms with Gasteiger partial charge in [0.15, 0.2) is 0 Å². The Hall–Kier alpha value is -7.94. The Kier molecular flexibility index (Phi) is 8.87. The van der Waals surface area contributed by atoms with Gasteiger partial charge in [-0.2, -0.15) is 0 Å². The molecule has 0 atom stereocenters. The van der Waals surface area contributed by atoms with Gasteiger partial charge in [0, 0.05) is 38.8 Å². The summed E-state index contributed by atoms with van der Waals surface area (Å²) in [6.45, 7) is 0. The molecule has 1 aromatic heterocycles. The van der Waals surface area contributed by atoms with Crippen LogP contribution in [0.2, 0.25) is 0 Å². The lowest BCUT2D eigenvalue weighted by Gasteiger charge is -2.26. The van der Waals surface area contributed by atoms with Crippen molar-refractivity contribution in [1.29, 1.82) is 0 Å². The molecule has 1 heterocycles. The van der Waals surface area contributed by atoms with E-state index in [0.29, 0.717) is 0 Å². The number of benzene rings is 10. The molecular weight excluding hydrogens is 727 g/mol. The Morgan fingerprint density at radius 2 is 0.583 bits per heavy atom. The highest BCUT2D eigenvalue weighted by Gasteiger charge is 2.23. The van der Waals surface area contributed by atoms with E-state index < -0.39 is 0 Å². The van der Waals surface area contributed by atoms with Crippen LogP contribution in [-0.4, -0.2) is 0 Å². The Morgan fingerprint density at radius 3 is 1.07 bits per heavy atom. The summed E-state index contributed by atoms with van der Waals surface area (Å²) in [6.07, 6.45) is 0. The van der Waals surface area contributed by atoms with Crippen LogP contribution in [0.3, 0.4) is 0 Å². The van der Waals surface area contributed by atoms with E-state index in [1.165, 1.54) is 44.5 Å². The largest absolute Gasteiger partial charge is 0.455 e. The summed E-state index contributed by atoms with van der Waals surface area (Å²) in [5, 5.41) is 4.51. The second-order valence-electron chi connectivity index (χ2n) is 15.2. The van der Waals surface area contributed by atoms with E-state index in [0.717, 1.165) is 60.9 Å². The number of hydrogen-bond acceptors (Lipinski definition) is 2. The number of anilines is 3. The number of rotatable bonds is 8. The van der Waals surface area contributed by atoms with Crippen LogP contribution >= 0.6 is 0 Å². The minimum atomic E-state index is 0.885. The fraction of sp³-hybridized carbons (Fsp3) is 0. The van der Waals surface area contributed by atoms with Crippen LogP contribution in [0.4, 0.5) is 17.1 Å². The van der Waals surface area contributed by atoms with Crippen LogP contribution in [0, 0.1) is 0 Å². The third-order valence-electron chi connectivity index (χ3n) is 11.7. The zero-order valence-corrected chi connectivity index (χ0v) is 32.9. The van der Waals surface area contributed by atoms with Gasteiger partial charge in [0.1, 0.15) is 11.2 Å². The van der Waals surface area contributed by atoms with Crippen molar-refractivity contribution in [1.82, 2.24) is 0 Å². The molecule has 0 unspecified atom stereocenters. The van der Waals surface area contributed by atoms with E-state index in [4.69, 9.17) is 4.42 Å². The average Bonchev–Trinajstić information content (AvgIpc) is 3.73. The Labute approximate surface area is 349 Å². The SMILES string of the molecule is c1ccc(-c2ccc(-c3c(-c4ccc(N(c5ccc(-c6ccccc6)cc5)c5ccc(-c6ccccc6)cc5)cc4)c4c5ccccc5oc4c4ccccc34)cc2)cc1. The van der Waals surface area contributed by atoms with Crippen molar-refractivity contribution in [2.45, 2.75) is 0 Å². The molecule has 0 bridgehead atoms. The Balaban J connectivity index is 1.08. The van der Waals surface area contributed by atoms with Crippen molar-refractivity contribution in [3.8, 4) is 55.6 Å². The maximum absolute atomic E-state index is 6.75. The summed E-state index contributed by atoms with van der Waals surface area (Å²) < 4.78 is 6.75. The smallest absolute Gasteiger partial charge is 0.143 e. The number of fused-ring (bicyclic) bond motifs is 5. The summed E-state index contributed by atoms with van der Waals surface area (Å²) >= 11 is 0. The van der Waals surface area contributed by atoms with Gasteiger partial charge in [-0.3, -0.25) is 0 Å². The molecule has 0 aliphatic heterocycles. The molecule has 0 amide bonds. The van der Waals surface area contributed by atoms with Crippen LogP contribution in [0.1, 0.15) is 0 Å². The first-order valence-electron chi connectivity index (χ1n) is 20.5. The third-order valence-corrected chi connectivity index (χ3v) is 11.7. The van der Waals surface area contributed by atoms with Crippen molar-refractivity contribution < 1.29 is 4.42 Å². The van der Waals surface area contributed by atoms with Gasteiger partial charge in [0.05, 0.1) is 0 Å². The van der Waals surface area contributed by atoms with Gasteiger partial charge in [-0.1, -0.05) is 194 Å². The summed E-state index contributed by atoms with van der Waals surface area (Å²) in [5.41, 5.74) is 16.9. The lowest BCUT2D eigenvalue weighted by atomic mass is 9.86. The summed E-state index contributed by atoms with van der Waals surface area (Å²) in [7, 11) is 0. The molecule has 11 aromatic rings.